The summed E-state index contributed by atoms with van der Waals surface area (Å²) >= 11 is 0. The lowest BCUT2D eigenvalue weighted by atomic mass is 10.00. The van der Waals surface area contributed by atoms with Crippen molar-refractivity contribution in [3.63, 3.8) is 0 Å². The highest BCUT2D eigenvalue weighted by Crippen LogP contribution is 2.42. The van der Waals surface area contributed by atoms with Gasteiger partial charge in [-0.25, -0.2) is 0 Å². The molecule has 1 aliphatic heterocycles. The highest BCUT2D eigenvalue weighted by molar-refractivity contribution is 6.05. The van der Waals surface area contributed by atoms with Gasteiger partial charge in [0, 0.05) is 12.6 Å². The Morgan fingerprint density at radius 2 is 1.82 bits per heavy atom. The number of hydrogen-bond acceptors (Lipinski definition) is 4. The van der Waals surface area contributed by atoms with Gasteiger partial charge in [-0.2, -0.15) is 0 Å². The number of carbonyl (C=O) groups is 2. The van der Waals surface area contributed by atoms with Crippen LogP contribution >= 0.6 is 0 Å². The zero-order valence-electron chi connectivity index (χ0n) is 10.3. The van der Waals surface area contributed by atoms with Crippen molar-refractivity contribution in [2.24, 2.45) is 23.5 Å². The standard InChI is InChI=1S/C12H20N2O3/c1-6-3-8-9(4-6)12(17)14(11(8)16)5-10(13)7(2)15/h6-10,15H,3-5,13H2,1-2H3. The highest BCUT2D eigenvalue weighted by atomic mass is 16.3. The summed E-state index contributed by atoms with van der Waals surface area (Å²) in [5, 5.41) is 9.32. The summed E-state index contributed by atoms with van der Waals surface area (Å²) < 4.78 is 0. The lowest BCUT2D eigenvalue weighted by molar-refractivity contribution is -0.141. The molecule has 2 aliphatic rings. The van der Waals surface area contributed by atoms with Gasteiger partial charge in [-0.15, -0.1) is 0 Å². The Morgan fingerprint density at radius 1 is 1.35 bits per heavy atom. The molecule has 5 nitrogen and oxygen atoms in total. The van der Waals surface area contributed by atoms with Crippen LogP contribution in [0.2, 0.25) is 0 Å². The van der Waals surface area contributed by atoms with Crippen molar-refractivity contribution in [3.05, 3.63) is 0 Å². The maximum Gasteiger partial charge on any atom is 0.233 e. The molecule has 1 saturated carbocycles. The first-order valence-electron chi connectivity index (χ1n) is 6.20. The molecule has 5 heteroatoms. The molecule has 1 saturated heterocycles. The van der Waals surface area contributed by atoms with Crippen LogP contribution in [0.1, 0.15) is 26.7 Å². The van der Waals surface area contributed by atoms with Crippen molar-refractivity contribution < 1.29 is 14.7 Å². The summed E-state index contributed by atoms with van der Waals surface area (Å²) in [4.78, 5) is 25.4. The van der Waals surface area contributed by atoms with Crippen LogP contribution < -0.4 is 5.73 Å². The van der Waals surface area contributed by atoms with Gasteiger partial charge in [0.1, 0.15) is 0 Å². The minimum atomic E-state index is -0.713. The molecule has 0 radical (unpaired) electrons. The van der Waals surface area contributed by atoms with Crippen LogP contribution in [-0.2, 0) is 9.59 Å². The highest BCUT2D eigenvalue weighted by Gasteiger charge is 2.51. The Labute approximate surface area is 101 Å². The van der Waals surface area contributed by atoms with Crippen molar-refractivity contribution in [2.45, 2.75) is 38.8 Å². The topological polar surface area (TPSA) is 83.6 Å². The van der Waals surface area contributed by atoms with Gasteiger partial charge < -0.3 is 10.8 Å². The van der Waals surface area contributed by atoms with Crippen molar-refractivity contribution in [1.29, 1.82) is 0 Å². The molecule has 2 fully saturated rings. The van der Waals surface area contributed by atoms with Gasteiger partial charge in [0.05, 0.1) is 17.9 Å². The van der Waals surface area contributed by atoms with E-state index in [1.165, 1.54) is 4.90 Å². The molecule has 0 spiro atoms. The Bertz CT molecular complexity index is 319. The van der Waals surface area contributed by atoms with E-state index >= 15 is 0 Å². The van der Waals surface area contributed by atoms with Crippen LogP contribution in [0.25, 0.3) is 0 Å². The third-order valence-electron chi connectivity index (χ3n) is 3.98. The average molecular weight is 240 g/mol. The fourth-order valence-corrected chi connectivity index (χ4v) is 2.89. The lowest BCUT2D eigenvalue weighted by Crippen LogP contribution is -2.46. The summed E-state index contributed by atoms with van der Waals surface area (Å²) in [6, 6.07) is -0.556. The van der Waals surface area contributed by atoms with Gasteiger partial charge in [0.25, 0.3) is 0 Å². The molecule has 0 bridgehead atoms. The molecular weight excluding hydrogens is 220 g/mol. The second-order valence-electron chi connectivity index (χ2n) is 5.48. The SMILES string of the molecule is CC1CC2C(=O)N(CC(N)C(C)O)C(=O)C2C1. The first-order chi connectivity index (χ1) is 7.91. The Hall–Kier alpha value is -0.940. The molecule has 4 atom stereocenters. The Morgan fingerprint density at radius 3 is 2.24 bits per heavy atom. The van der Waals surface area contributed by atoms with E-state index in [0.717, 1.165) is 12.8 Å². The van der Waals surface area contributed by atoms with E-state index in [-0.39, 0.29) is 30.2 Å². The largest absolute Gasteiger partial charge is 0.392 e. The number of likely N-dealkylation sites (tertiary alicyclic amines) is 1. The molecule has 2 amide bonds. The van der Waals surface area contributed by atoms with Gasteiger partial charge >= 0.3 is 0 Å². The number of nitrogens with two attached hydrogens (primary N) is 1. The number of imide groups is 1. The van der Waals surface area contributed by atoms with E-state index in [1.807, 2.05) is 0 Å². The van der Waals surface area contributed by atoms with E-state index in [0.29, 0.717) is 5.92 Å². The number of amides is 2. The molecule has 3 N–H and O–H groups in total. The van der Waals surface area contributed by atoms with Crippen LogP contribution in [0.3, 0.4) is 0 Å². The molecular formula is C12H20N2O3. The van der Waals surface area contributed by atoms with Gasteiger partial charge in [-0.3, -0.25) is 14.5 Å². The zero-order valence-corrected chi connectivity index (χ0v) is 10.3. The molecule has 0 aromatic rings. The van der Waals surface area contributed by atoms with Crippen LogP contribution in [0, 0.1) is 17.8 Å². The number of aliphatic hydroxyl groups excluding tert-OH is 1. The Kier molecular flexibility index (Phi) is 3.23. The minimum Gasteiger partial charge on any atom is -0.392 e. The number of carbonyl (C=O) groups excluding carboxylic acids is 2. The minimum absolute atomic E-state index is 0.0968. The molecule has 1 aliphatic carbocycles. The molecule has 96 valence electrons. The Balaban J connectivity index is 2.07. The number of aliphatic hydroxyl groups is 1. The zero-order chi connectivity index (χ0) is 12.7. The van der Waals surface area contributed by atoms with Crippen molar-refractivity contribution in [3.8, 4) is 0 Å². The third-order valence-corrected chi connectivity index (χ3v) is 3.98. The van der Waals surface area contributed by atoms with E-state index in [1.54, 1.807) is 6.92 Å². The maximum atomic E-state index is 12.1. The van der Waals surface area contributed by atoms with Crippen molar-refractivity contribution in [2.75, 3.05) is 6.54 Å². The number of hydrogen-bond donors (Lipinski definition) is 2. The van der Waals surface area contributed by atoms with Gasteiger partial charge in [0.2, 0.25) is 11.8 Å². The van der Waals surface area contributed by atoms with E-state index in [4.69, 9.17) is 5.73 Å². The summed E-state index contributed by atoms with van der Waals surface area (Å²) in [5.74, 6) is -0.0243. The molecule has 1 heterocycles. The predicted octanol–water partition coefficient (Wildman–Crippen LogP) is -0.274. The third kappa shape index (κ3) is 2.09. The fraction of sp³-hybridized carbons (Fsp3) is 0.833. The van der Waals surface area contributed by atoms with Gasteiger partial charge in [0.15, 0.2) is 0 Å². The average Bonchev–Trinajstić information content (AvgIpc) is 2.73. The van der Waals surface area contributed by atoms with E-state index < -0.39 is 12.1 Å². The first kappa shape index (κ1) is 12.5. The monoisotopic (exact) mass is 240 g/mol. The van der Waals surface area contributed by atoms with Crippen molar-refractivity contribution >= 4 is 11.8 Å². The second-order valence-corrected chi connectivity index (χ2v) is 5.48. The molecule has 2 rings (SSSR count). The lowest BCUT2D eigenvalue weighted by Gasteiger charge is -2.22. The molecule has 17 heavy (non-hydrogen) atoms. The maximum absolute atomic E-state index is 12.1. The van der Waals surface area contributed by atoms with E-state index in [2.05, 4.69) is 6.92 Å². The number of fused-ring (bicyclic) bond motifs is 1. The summed E-state index contributed by atoms with van der Waals surface area (Å²) in [7, 11) is 0. The number of rotatable bonds is 3. The first-order valence-corrected chi connectivity index (χ1v) is 6.20. The van der Waals surface area contributed by atoms with Crippen LogP contribution in [0.5, 0.6) is 0 Å². The fourth-order valence-electron chi connectivity index (χ4n) is 2.89. The number of nitrogens with zero attached hydrogens (tertiary/aromatic N) is 1. The molecule has 0 aromatic carbocycles. The predicted molar refractivity (Wildman–Crippen MR) is 61.8 cm³/mol. The van der Waals surface area contributed by atoms with E-state index in [9.17, 15) is 14.7 Å². The smallest absolute Gasteiger partial charge is 0.233 e. The van der Waals surface area contributed by atoms with Gasteiger partial charge in [-0.1, -0.05) is 6.92 Å². The summed E-state index contributed by atoms with van der Waals surface area (Å²) in [5.41, 5.74) is 5.70. The second kappa shape index (κ2) is 4.38. The molecule has 4 unspecified atom stereocenters. The quantitative estimate of drug-likeness (QED) is 0.665. The molecule has 0 aromatic heterocycles. The van der Waals surface area contributed by atoms with Crippen LogP contribution in [0.4, 0.5) is 0 Å². The van der Waals surface area contributed by atoms with Crippen LogP contribution in [0.15, 0.2) is 0 Å². The van der Waals surface area contributed by atoms with Crippen molar-refractivity contribution in [1.82, 2.24) is 4.90 Å². The van der Waals surface area contributed by atoms with Gasteiger partial charge in [-0.05, 0) is 25.7 Å². The van der Waals surface area contributed by atoms with Crippen LogP contribution in [-0.4, -0.2) is 40.5 Å². The summed E-state index contributed by atoms with van der Waals surface area (Å²) in [6.07, 6.45) is 0.889. The normalized spacial score (nSPS) is 36.2. The summed E-state index contributed by atoms with van der Waals surface area (Å²) in [6.45, 7) is 3.78.